The summed E-state index contributed by atoms with van der Waals surface area (Å²) in [6.07, 6.45) is 7.02. The molecule has 0 radical (unpaired) electrons. The summed E-state index contributed by atoms with van der Waals surface area (Å²) in [5.74, 6) is 0.394. The van der Waals surface area contributed by atoms with Gasteiger partial charge in [0.25, 0.3) is 0 Å². The molecule has 1 N–H and O–H groups in total. The number of ketones is 2. The molecular weight excluding hydrogens is 406 g/mol. The monoisotopic (exact) mass is 441 g/mol. The van der Waals surface area contributed by atoms with Crippen molar-refractivity contribution in [3.05, 3.63) is 23.3 Å². The number of hydrogen-bond donors (Lipinski definition) is 1. The molecule has 7 atom stereocenters. The summed E-state index contributed by atoms with van der Waals surface area (Å²) in [5, 5.41) is 2.80. The fourth-order valence-corrected chi connectivity index (χ4v) is 7.61. The number of carbonyl (C=O) groups excluding carboxylic acids is 4. The molecule has 0 aromatic heterocycles. The fraction of sp³-hybridized carbons (Fsp3) is 0.692. The number of hydrogen-bond acceptors (Lipinski definition) is 5. The lowest BCUT2D eigenvalue weighted by Gasteiger charge is -2.58. The minimum Gasteiger partial charge on any atom is -0.460 e. The Kier molecular flexibility index (Phi) is 5.71. The Morgan fingerprint density at radius 2 is 1.91 bits per heavy atom. The molecule has 0 aromatic rings. The van der Waals surface area contributed by atoms with Crippen molar-refractivity contribution in [1.29, 1.82) is 0 Å². The maximum absolute atomic E-state index is 13.3. The van der Waals surface area contributed by atoms with Gasteiger partial charge in [-0.3, -0.25) is 19.2 Å². The average Bonchev–Trinajstić information content (AvgIpc) is 2.97. The number of rotatable bonds is 4. The van der Waals surface area contributed by atoms with Gasteiger partial charge in [-0.2, -0.15) is 0 Å². The lowest BCUT2D eigenvalue weighted by Crippen LogP contribution is -2.53. The van der Waals surface area contributed by atoms with Gasteiger partial charge in [-0.05, 0) is 62.5 Å². The number of fused-ring (bicyclic) bond motifs is 5. The van der Waals surface area contributed by atoms with Crippen LogP contribution in [0.5, 0.6) is 0 Å². The van der Waals surface area contributed by atoms with Crippen LogP contribution in [0.4, 0.5) is 0 Å². The number of esters is 1. The van der Waals surface area contributed by atoms with E-state index in [1.165, 1.54) is 19.4 Å². The van der Waals surface area contributed by atoms with E-state index in [0.717, 1.165) is 31.3 Å². The third-order valence-corrected chi connectivity index (χ3v) is 9.21. The Hall–Kier alpha value is -2.24. The molecule has 0 spiro atoms. The summed E-state index contributed by atoms with van der Waals surface area (Å²) < 4.78 is 5.70. The molecule has 4 aliphatic rings. The number of carbonyl (C=O) groups is 4. The van der Waals surface area contributed by atoms with Gasteiger partial charge in [-0.1, -0.05) is 25.0 Å². The summed E-state index contributed by atoms with van der Waals surface area (Å²) in [5.41, 5.74) is 1.75. The highest BCUT2D eigenvalue weighted by molar-refractivity contribution is 6.02. The Bertz CT molecular complexity index is 933. The first-order chi connectivity index (χ1) is 15.0. The van der Waals surface area contributed by atoms with Crippen LogP contribution in [0.2, 0.25) is 0 Å². The molecule has 6 nitrogen and oxygen atoms in total. The van der Waals surface area contributed by atoms with Gasteiger partial charge >= 0.3 is 5.97 Å². The molecule has 3 fully saturated rings. The van der Waals surface area contributed by atoms with E-state index in [-0.39, 0.29) is 47.2 Å². The predicted molar refractivity (Wildman–Crippen MR) is 119 cm³/mol. The van der Waals surface area contributed by atoms with E-state index in [2.05, 4.69) is 26.1 Å². The van der Waals surface area contributed by atoms with E-state index in [0.29, 0.717) is 18.3 Å². The van der Waals surface area contributed by atoms with E-state index in [4.69, 9.17) is 4.74 Å². The summed E-state index contributed by atoms with van der Waals surface area (Å²) in [6.45, 7) is 9.49. The van der Waals surface area contributed by atoms with Crippen LogP contribution in [0.25, 0.3) is 0 Å². The highest BCUT2D eigenvalue weighted by Crippen LogP contribution is 2.66. The van der Waals surface area contributed by atoms with E-state index < -0.39 is 11.5 Å². The normalized spacial score (nSPS) is 39.2. The molecule has 0 aromatic carbocycles. The smallest absolute Gasteiger partial charge is 0.302 e. The first-order valence-electron chi connectivity index (χ1n) is 11.9. The van der Waals surface area contributed by atoms with Crippen LogP contribution in [0.3, 0.4) is 0 Å². The van der Waals surface area contributed by atoms with Crippen molar-refractivity contribution in [3.63, 3.8) is 0 Å². The van der Waals surface area contributed by atoms with Crippen LogP contribution in [0, 0.1) is 34.5 Å². The van der Waals surface area contributed by atoms with E-state index in [9.17, 15) is 19.2 Å². The van der Waals surface area contributed by atoms with Crippen LogP contribution in [0.15, 0.2) is 23.3 Å². The minimum atomic E-state index is -0.514. The molecule has 3 saturated carbocycles. The molecule has 0 heterocycles. The Morgan fingerprint density at radius 3 is 2.56 bits per heavy atom. The van der Waals surface area contributed by atoms with Gasteiger partial charge in [0.2, 0.25) is 5.91 Å². The number of nitrogens with one attached hydrogen (secondary N) is 1. The zero-order valence-electron chi connectivity index (χ0n) is 19.8. The van der Waals surface area contributed by atoms with Gasteiger partial charge in [0.15, 0.2) is 5.78 Å². The molecule has 4 rings (SSSR count). The van der Waals surface area contributed by atoms with Crippen molar-refractivity contribution >= 4 is 23.4 Å². The predicted octanol–water partition coefficient (Wildman–Crippen LogP) is 3.55. The molecular formula is C26H35NO5. The SMILES string of the molecule is CC(=O)NC[C@H](OC(C)=O)[C@H]1CC(=O)[C@@]2(C)CC[C@H]3[C@@H](CCC4=CC(=O)C=C(C)[C@@]43C)[C@H]12. The summed E-state index contributed by atoms with van der Waals surface area (Å²) in [4.78, 5) is 49.0. The zero-order chi connectivity index (χ0) is 23.4. The second kappa shape index (κ2) is 7.96. The maximum atomic E-state index is 13.3. The van der Waals surface area contributed by atoms with Gasteiger partial charge in [0.05, 0.1) is 6.54 Å². The van der Waals surface area contributed by atoms with Crippen LogP contribution in [-0.4, -0.2) is 36.1 Å². The van der Waals surface area contributed by atoms with Crippen LogP contribution < -0.4 is 5.32 Å². The number of Topliss-reactive ketones (excluding diaryl/α,β-unsaturated/α-hetero) is 1. The second-order valence-electron chi connectivity index (χ2n) is 10.8. The third kappa shape index (κ3) is 3.46. The van der Waals surface area contributed by atoms with Gasteiger partial charge in [0, 0.05) is 37.0 Å². The first kappa shape index (κ1) is 22.9. The van der Waals surface area contributed by atoms with Crippen molar-refractivity contribution in [3.8, 4) is 0 Å². The van der Waals surface area contributed by atoms with Crippen molar-refractivity contribution in [2.24, 2.45) is 34.5 Å². The van der Waals surface area contributed by atoms with Crippen molar-refractivity contribution < 1.29 is 23.9 Å². The van der Waals surface area contributed by atoms with Crippen molar-refractivity contribution in [2.75, 3.05) is 6.54 Å². The van der Waals surface area contributed by atoms with E-state index >= 15 is 0 Å². The highest BCUT2D eigenvalue weighted by Gasteiger charge is 2.63. The second-order valence-corrected chi connectivity index (χ2v) is 10.8. The topological polar surface area (TPSA) is 89.5 Å². The summed E-state index contributed by atoms with van der Waals surface area (Å²) >= 11 is 0. The summed E-state index contributed by atoms with van der Waals surface area (Å²) in [7, 11) is 0. The quantitative estimate of drug-likeness (QED) is 0.674. The van der Waals surface area contributed by atoms with E-state index in [1.807, 2.05) is 6.08 Å². The number of amides is 1. The van der Waals surface area contributed by atoms with E-state index in [1.54, 1.807) is 6.08 Å². The van der Waals surface area contributed by atoms with Gasteiger partial charge < -0.3 is 10.1 Å². The Labute approximate surface area is 190 Å². The lowest BCUT2D eigenvalue weighted by molar-refractivity contribution is -0.153. The lowest BCUT2D eigenvalue weighted by atomic mass is 9.46. The molecule has 0 bridgehead atoms. The van der Waals surface area contributed by atoms with Gasteiger partial charge in [-0.15, -0.1) is 0 Å². The van der Waals surface area contributed by atoms with Crippen LogP contribution >= 0.6 is 0 Å². The number of allylic oxidation sites excluding steroid dienone is 4. The van der Waals surface area contributed by atoms with Gasteiger partial charge in [0.1, 0.15) is 11.9 Å². The Morgan fingerprint density at radius 1 is 1.19 bits per heavy atom. The third-order valence-electron chi connectivity index (χ3n) is 9.21. The highest BCUT2D eigenvalue weighted by atomic mass is 16.5. The standard InChI is InChI=1S/C26H35NO5/c1-14-10-18(30)11-17-6-7-19-21(26(14,17)5)8-9-25(4)23(31)12-20(24(19)25)22(32-16(3)29)13-27-15(2)28/h10-11,19-22,24H,6-9,12-13H2,1-5H3,(H,27,28)/t19-,20-,21+,22+,24-,25-,26+/m1/s1. The molecule has 0 unspecified atom stereocenters. The summed E-state index contributed by atoms with van der Waals surface area (Å²) in [6, 6.07) is 0. The van der Waals surface area contributed by atoms with Crippen molar-refractivity contribution in [2.45, 2.75) is 72.8 Å². The number of ether oxygens (including phenoxy) is 1. The minimum absolute atomic E-state index is 0.0771. The average molecular weight is 442 g/mol. The Balaban J connectivity index is 1.72. The molecule has 1 amide bonds. The molecule has 0 saturated heterocycles. The first-order valence-corrected chi connectivity index (χ1v) is 11.9. The maximum Gasteiger partial charge on any atom is 0.302 e. The molecule has 32 heavy (non-hydrogen) atoms. The largest absolute Gasteiger partial charge is 0.460 e. The zero-order valence-corrected chi connectivity index (χ0v) is 19.8. The fourth-order valence-electron chi connectivity index (χ4n) is 7.61. The van der Waals surface area contributed by atoms with Crippen LogP contribution in [-0.2, 0) is 23.9 Å². The molecule has 4 aliphatic carbocycles. The van der Waals surface area contributed by atoms with Crippen molar-refractivity contribution in [1.82, 2.24) is 5.32 Å². The van der Waals surface area contributed by atoms with Gasteiger partial charge in [-0.25, -0.2) is 0 Å². The van der Waals surface area contributed by atoms with Crippen LogP contribution in [0.1, 0.15) is 66.7 Å². The molecule has 174 valence electrons. The molecule has 6 heteroatoms. The molecule has 0 aliphatic heterocycles.